The Balaban J connectivity index is 1.66. The van der Waals surface area contributed by atoms with Gasteiger partial charge in [0.15, 0.2) is 0 Å². The summed E-state index contributed by atoms with van der Waals surface area (Å²) in [5.74, 6) is 0.772. The van der Waals surface area contributed by atoms with E-state index in [2.05, 4.69) is 18.7 Å². The molecule has 1 unspecified atom stereocenters. The molecule has 30 heavy (non-hydrogen) atoms. The molecular formula is C23H32N4O3. The first kappa shape index (κ1) is 21.0. The quantitative estimate of drug-likeness (QED) is 0.831. The molecule has 1 N–H and O–H groups in total. The summed E-state index contributed by atoms with van der Waals surface area (Å²) < 4.78 is 1.80. The van der Waals surface area contributed by atoms with Crippen LogP contribution in [0.2, 0.25) is 0 Å². The number of carbonyl (C=O) groups excluding carboxylic acids is 1. The fourth-order valence-corrected chi connectivity index (χ4v) is 4.80. The maximum Gasteiger partial charge on any atom is 0.261 e. The molecule has 7 nitrogen and oxygen atoms in total. The van der Waals surface area contributed by atoms with Crippen molar-refractivity contribution in [3.63, 3.8) is 0 Å². The molecule has 3 heterocycles. The zero-order chi connectivity index (χ0) is 21.3. The summed E-state index contributed by atoms with van der Waals surface area (Å²) in [7, 11) is 0. The lowest BCUT2D eigenvalue weighted by atomic mass is 9.98. The molecule has 1 aromatic heterocycles. The van der Waals surface area contributed by atoms with Gasteiger partial charge in [0.05, 0.1) is 10.9 Å². The van der Waals surface area contributed by atoms with Crippen LogP contribution in [0.1, 0.15) is 55.7 Å². The topological polar surface area (TPSA) is 78.7 Å². The number of piperidine rings is 1. The third kappa shape index (κ3) is 4.01. The average Bonchev–Trinajstić information content (AvgIpc) is 2.97. The molecule has 2 aliphatic rings. The Kier molecular flexibility index (Phi) is 6.20. The number of aliphatic hydroxyl groups excluding tert-OH is 1. The van der Waals surface area contributed by atoms with Crippen molar-refractivity contribution in [3.8, 4) is 0 Å². The number of nitrogens with zero attached hydrogens (tertiary/aromatic N) is 4. The van der Waals surface area contributed by atoms with Gasteiger partial charge in [-0.25, -0.2) is 4.98 Å². The minimum Gasteiger partial charge on any atom is -0.396 e. The van der Waals surface area contributed by atoms with Gasteiger partial charge in [-0.3, -0.25) is 19.1 Å². The van der Waals surface area contributed by atoms with Crippen LogP contribution in [0.4, 0.5) is 0 Å². The van der Waals surface area contributed by atoms with E-state index in [4.69, 9.17) is 4.98 Å². The standard InChI is InChI=1S/C23H32N4O3/c1-16(2)25-11-8-21-24-20-15-17(6-7-19(20)23(30)27(21)13-12-25)22(29)26-10-4-3-5-18(26)9-14-28/h6-7,15-16,18,28H,3-5,8-14H2,1-2H3. The molecule has 0 spiro atoms. The summed E-state index contributed by atoms with van der Waals surface area (Å²) in [6.07, 6.45) is 4.34. The van der Waals surface area contributed by atoms with E-state index >= 15 is 0 Å². The van der Waals surface area contributed by atoms with Gasteiger partial charge in [-0.15, -0.1) is 0 Å². The number of fused-ring (bicyclic) bond motifs is 2. The monoisotopic (exact) mass is 412 g/mol. The molecule has 0 aliphatic carbocycles. The molecule has 4 rings (SSSR count). The van der Waals surface area contributed by atoms with E-state index in [-0.39, 0.29) is 24.1 Å². The highest BCUT2D eigenvalue weighted by Crippen LogP contribution is 2.23. The van der Waals surface area contributed by atoms with Crippen LogP contribution < -0.4 is 5.56 Å². The van der Waals surface area contributed by atoms with Crippen molar-refractivity contribution in [2.45, 2.75) is 64.6 Å². The Morgan fingerprint density at radius 1 is 1.20 bits per heavy atom. The second-order valence-corrected chi connectivity index (χ2v) is 8.76. The lowest BCUT2D eigenvalue weighted by Crippen LogP contribution is -2.44. The number of rotatable bonds is 4. The van der Waals surface area contributed by atoms with E-state index in [1.807, 2.05) is 4.90 Å². The van der Waals surface area contributed by atoms with E-state index in [1.165, 1.54) is 0 Å². The molecule has 1 saturated heterocycles. The number of amides is 1. The zero-order valence-corrected chi connectivity index (χ0v) is 18.0. The Morgan fingerprint density at radius 2 is 2.03 bits per heavy atom. The molecule has 1 fully saturated rings. The van der Waals surface area contributed by atoms with Gasteiger partial charge in [0, 0.05) is 56.9 Å². The smallest absolute Gasteiger partial charge is 0.261 e. The third-order valence-corrected chi connectivity index (χ3v) is 6.60. The highest BCUT2D eigenvalue weighted by atomic mass is 16.3. The number of benzene rings is 1. The normalized spacial score (nSPS) is 20.4. The Bertz CT molecular complexity index is 982. The first-order chi connectivity index (χ1) is 14.5. The summed E-state index contributed by atoms with van der Waals surface area (Å²) >= 11 is 0. The van der Waals surface area contributed by atoms with Crippen molar-refractivity contribution in [2.75, 3.05) is 26.2 Å². The fourth-order valence-electron chi connectivity index (χ4n) is 4.80. The van der Waals surface area contributed by atoms with Crippen molar-refractivity contribution in [3.05, 3.63) is 39.9 Å². The van der Waals surface area contributed by atoms with Crippen LogP contribution in [-0.4, -0.2) is 68.7 Å². The number of likely N-dealkylation sites (tertiary alicyclic amines) is 1. The zero-order valence-electron chi connectivity index (χ0n) is 18.0. The first-order valence-corrected chi connectivity index (χ1v) is 11.2. The molecule has 162 valence electrons. The van der Waals surface area contributed by atoms with Crippen LogP contribution in [0, 0.1) is 0 Å². The van der Waals surface area contributed by atoms with Crippen molar-refractivity contribution in [1.29, 1.82) is 0 Å². The van der Waals surface area contributed by atoms with E-state index in [1.54, 1.807) is 22.8 Å². The van der Waals surface area contributed by atoms with E-state index < -0.39 is 0 Å². The summed E-state index contributed by atoms with van der Waals surface area (Å²) in [5.41, 5.74) is 1.16. The molecule has 0 saturated carbocycles. The van der Waals surface area contributed by atoms with Gasteiger partial charge in [-0.2, -0.15) is 0 Å². The van der Waals surface area contributed by atoms with Crippen LogP contribution in [-0.2, 0) is 13.0 Å². The lowest BCUT2D eigenvalue weighted by Gasteiger charge is -2.35. The second-order valence-electron chi connectivity index (χ2n) is 8.76. The number of aliphatic hydroxyl groups is 1. The summed E-state index contributed by atoms with van der Waals surface area (Å²) in [6, 6.07) is 5.80. The lowest BCUT2D eigenvalue weighted by molar-refractivity contribution is 0.0575. The number of aromatic nitrogens is 2. The van der Waals surface area contributed by atoms with Crippen LogP contribution in [0.3, 0.4) is 0 Å². The Labute approximate surface area is 177 Å². The van der Waals surface area contributed by atoms with Crippen molar-refractivity contribution in [2.24, 2.45) is 0 Å². The van der Waals surface area contributed by atoms with Gasteiger partial charge >= 0.3 is 0 Å². The largest absolute Gasteiger partial charge is 0.396 e. The van der Waals surface area contributed by atoms with E-state index in [9.17, 15) is 14.7 Å². The SMILES string of the molecule is CC(C)N1CCc2nc3cc(C(=O)N4CCCCC4CCO)ccc3c(=O)n2CC1. The minimum absolute atomic E-state index is 0.0178. The minimum atomic E-state index is -0.0297. The van der Waals surface area contributed by atoms with Gasteiger partial charge in [0.1, 0.15) is 5.82 Å². The summed E-state index contributed by atoms with van der Waals surface area (Å²) in [5, 5.41) is 9.93. The molecule has 1 aromatic carbocycles. The summed E-state index contributed by atoms with van der Waals surface area (Å²) in [4.78, 5) is 35.4. The highest BCUT2D eigenvalue weighted by Gasteiger charge is 2.27. The number of carbonyl (C=O) groups is 1. The number of hydrogen-bond acceptors (Lipinski definition) is 5. The second kappa shape index (κ2) is 8.86. The maximum atomic E-state index is 13.2. The Morgan fingerprint density at radius 3 is 2.80 bits per heavy atom. The summed E-state index contributed by atoms with van der Waals surface area (Å²) in [6.45, 7) is 7.51. The van der Waals surface area contributed by atoms with E-state index in [0.29, 0.717) is 42.0 Å². The van der Waals surface area contributed by atoms with Gasteiger partial charge < -0.3 is 10.0 Å². The highest BCUT2D eigenvalue weighted by molar-refractivity contribution is 5.98. The molecule has 2 aliphatic heterocycles. The predicted molar refractivity (Wildman–Crippen MR) is 117 cm³/mol. The Hall–Kier alpha value is -2.25. The molecule has 7 heteroatoms. The molecule has 1 atom stereocenters. The third-order valence-electron chi connectivity index (χ3n) is 6.60. The van der Waals surface area contributed by atoms with Crippen molar-refractivity contribution >= 4 is 16.8 Å². The van der Waals surface area contributed by atoms with Gasteiger partial charge in [-0.1, -0.05) is 0 Å². The molecular weight excluding hydrogens is 380 g/mol. The van der Waals surface area contributed by atoms with Crippen molar-refractivity contribution in [1.82, 2.24) is 19.4 Å². The maximum absolute atomic E-state index is 13.2. The molecule has 2 aromatic rings. The van der Waals surface area contributed by atoms with Crippen LogP contribution in [0.5, 0.6) is 0 Å². The molecule has 1 amide bonds. The fraction of sp³-hybridized carbons (Fsp3) is 0.609. The van der Waals surface area contributed by atoms with E-state index in [0.717, 1.165) is 44.6 Å². The molecule has 0 radical (unpaired) electrons. The van der Waals surface area contributed by atoms with Gasteiger partial charge in [0.2, 0.25) is 0 Å². The van der Waals surface area contributed by atoms with Gasteiger partial charge in [0.25, 0.3) is 11.5 Å². The van der Waals surface area contributed by atoms with Gasteiger partial charge in [-0.05, 0) is 57.7 Å². The molecule has 0 bridgehead atoms. The number of hydrogen-bond donors (Lipinski definition) is 1. The van der Waals surface area contributed by atoms with Crippen LogP contribution >= 0.6 is 0 Å². The first-order valence-electron chi connectivity index (χ1n) is 11.2. The van der Waals surface area contributed by atoms with Crippen molar-refractivity contribution < 1.29 is 9.90 Å². The predicted octanol–water partition coefficient (Wildman–Crippen LogP) is 2.04. The van der Waals surface area contributed by atoms with Crippen LogP contribution in [0.25, 0.3) is 10.9 Å². The average molecular weight is 413 g/mol. The van der Waals surface area contributed by atoms with Crippen LogP contribution in [0.15, 0.2) is 23.0 Å².